The van der Waals surface area contributed by atoms with E-state index in [9.17, 15) is 18.0 Å². The SMILES string of the molecule is CC(C)n1nccc1[C@@H]1CN(Cc2ccccn2)C[C@]12CCCN(Cc1ccccc1)C2=O.O=C(O)C(F)(F)F. The Morgan fingerprint density at radius 2 is 1.77 bits per heavy atom. The number of carbonyl (C=O) groups excluding carboxylic acids is 1. The number of benzene rings is 1. The average molecular weight is 558 g/mol. The monoisotopic (exact) mass is 557 g/mol. The van der Waals surface area contributed by atoms with Crippen LogP contribution in [0.25, 0.3) is 0 Å². The number of amides is 1. The molecule has 1 spiro atoms. The van der Waals surface area contributed by atoms with Crippen molar-refractivity contribution in [2.75, 3.05) is 19.6 Å². The smallest absolute Gasteiger partial charge is 0.475 e. The van der Waals surface area contributed by atoms with E-state index in [0.29, 0.717) is 12.5 Å². The largest absolute Gasteiger partial charge is 0.490 e. The van der Waals surface area contributed by atoms with Crippen LogP contribution in [0.5, 0.6) is 0 Å². The minimum Gasteiger partial charge on any atom is -0.475 e. The molecule has 1 N–H and O–H groups in total. The van der Waals surface area contributed by atoms with E-state index in [1.165, 1.54) is 11.3 Å². The van der Waals surface area contributed by atoms with Crippen LogP contribution >= 0.6 is 0 Å². The Labute approximate surface area is 231 Å². The first kappa shape index (κ1) is 29.3. The third kappa shape index (κ3) is 6.52. The Hall–Kier alpha value is -3.73. The summed E-state index contributed by atoms with van der Waals surface area (Å²) in [6, 6.07) is 18.8. The minimum absolute atomic E-state index is 0.122. The van der Waals surface area contributed by atoms with Gasteiger partial charge in [-0.05, 0) is 50.5 Å². The first-order chi connectivity index (χ1) is 19.0. The summed E-state index contributed by atoms with van der Waals surface area (Å²) in [5.74, 6) is -2.34. The van der Waals surface area contributed by atoms with E-state index in [0.717, 1.165) is 44.7 Å². The number of carbonyl (C=O) groups is 2. The third-order valence-corrected chi connectivity index (χ3v) is 7.50. The summed E-state index contributed by atoms with van der Waals surface area (Å²) >= 11 is 0. The fraction of sp³-hybridized carbons (Fsp3) is 0.448. The van der Waals surface area contributed by atoms with Crippen molar-refractivity contribution in [3.8, 4) is 0 Å². The Bertz CT molecular complexity index is 1280. The molecular formula is C29H34F3N5O3. The average Bonchev–Trinajstić information content (AvgIpc) is 3.53. The van der Waals surface area contributed by atoms with Crippen LogP contribution in [0, 0.1) is 5.41 Å². The number of likely N-dealkylation sites (tertiary alicyclic amines) is 2. The molecule has 2 atom stereocenters. The molecule has 2 saturated heterocycles. The van der Waals surface area contributed by atoms with Gasteiger partial charge in [0.25, 0.3) is 0 Å². The minimum atomic E-state index is -5.08. The van der Waals surface area contributed by atoms with Crippen molar-refractivity contribution in [1.82, 2.24) is 24.6 Å². The lowest BCUT2D eigenvalue weighted by atomic mass is 9.70. The van der Waals surface area contributed by atoms with Gasteiger partial charge in [0.2, 0.25) is 5.91 Å². The van der Waals surface area contributed by atoms with E-state index in [-0.39, 0.29) is 12.0 Å². The first-order valence-electron chi connectivity index (χ1n) is 13.3. The van der Waals surface area contributed by atoms with Gasteiger partial charge in [-0.25, -0.2) is 4.79 Å². The molecule has 1 amide bonds. The Balaban J connectivity index is 0.000000470. The van der Waals surface area contributed by atoms with Crippen LogP contribution in [0.3, 0.4) is 0 Å². The number of rotatable bonds is 6. The summed E-state index contributed by atoms with van der Waals surface area (Å²) in [4.78, 5) is 32.1. The van der Waals surface area contributed by atoms with Crippen LogP contribution in [0.15, 0.2) is 67.0 Å². The van der Waals surface area contributed by atoms with Crippen molar-refractivity contribution in [3.05, 3.63) is 83.9 Å². The van der Waals surface area contributed by atoms with E-state index >= 15 is 0 Å². The molecule has 40 heavy (non-hydrogen) atoms. The zero-order valence-electron chi connectivity index (χ0n) is 22.6. The third-order valence-electron chi connectivity index (χ3n) is 7.50. The van der Waals surface area contributed by atoms with E-state index < -0.39 is 17.6 Å². The molecule has 11 heteroatoms. The predicted molar refractivity (Wildman–Crippen MR) is 142 cm³/mol. The van der Waals surface area contributed by atoms with Crippen LogP contribution in [0.2, 0.25) is 0 Å². The zero-order chi connectivity index (χ0) is 28.9. The molecule has 1 aromatic carbocycles. The molecule has 0 bridgehead atoms. The highest BCUT2D eigenvalue weighted by Crippen LogP contribution is 2.50. The number of aliphatic carboxylic acids is 1. The Kier molecular flexibility index (Phi) is 8.92. The summed E-state index contributed by atoms with van der Waals surface area (Å²) in [6.07, 6.45) is 0.603. The van der Waals surface area contributed by atoms with Gasteiger partial charge in [-0.2, -0.15) is 18.3 Å². The number of aromatic nitrogens is 3. The van der Waals surface area contributed by atoms with Gasteiger partial charge in [0.15, 0.2) is 0 Å². The highest BCUT2D eigenvalue weighted by atomic mass is 19.4. The van der Waals surface area contributed by atoms with Crippen LogP contribution in [-0.4, -0.2) is 67.4 Å². The topological polar surface area (TPSA) is 91.6 Å². The number of halogens is 3. The van der Waals surface area contributed by atoms with Crippen LogP contribution < -0.4 is 0 Å². The fourth-order valence-corrected chi connectivity index (χ4v) is 5.79. The second-order valence-electron chi connectivity index (χ2n) is 10.6. The van der Waals surface area contributed by atoms with Crippen molar-refractivity contribution >= 4 is 11.9 Å². The summed E-state index contributed by atoms with van der Waals surface area (Å²) in [6.45, 7) is 8.20. The van der Waals surface area contributed by atoms with Gasteiger partial charge < -0.3 is 10.0 Å². The van der Waals surface area contributed by atoms with E-state index in [2.05, 4.69) is 62.7 Å². The van der Waals surface area contributed by atoms with Gasteiger partial charge >= 0.3 is 12.1 Å². The number of alkyl halides is 3. The van der Waals surface area contributed by atoms with E-state index in [4.69, 9.17) is 9.90 Å². The van der Waals surface area contributed by atoms with Gasteiger partial charge in [-0.15, -0.1) is 0 Å². The van der Waals surface area contributed by atoms with Gasteiger partial charge in [0, 0.05) is 62.8 Å². The van der Waals surface area contributed by atoms with Gasteiger partial charge in [-0.1, -0.05) is 36.4 Å². The Morgan fingerprint density at radius 1 is 1.07 bits per heavy atom. The lowest BCUT2D eigenvalue weighted by molar-refractivity contribution is -0.192. The van der Waals surface area contributed by atoms with Gasteiger partial charge in [0.05, 0.1) is 11.1 Å². The van der Waals surface area contributed by atoms with Crippen LogP contribution in [0.4, 0.5) is 13.2 Å². The molecule has 8 nitrogen and oxygen atoms in total. The first-order valence-corrected chi connectivity index (χ1v) is 13.3. The van der Waals surface area contributed by atoms with E-state index in [1.54, 1.807) is 0 Å². The van der Waals surface area contributed by atoms with Crippen LogP contribution in [-0.2, 0) is 22.7 Å². The molecule has 0 unspecified atom stereocenters. The number of nitrogens with zero attached hydrogens (tertiary/aromatic N) is 5. The number of piperidine rings is 1. The molecule has 5 rings (SSSR count). The number of pyridine rings is 1. The van der Waals surface area contributed by atoms with Gasteiger partial charge in [0.1, 0.15) is 0 Å². The number of carboxylic acid groups (broad SMARTS) is 1. The number of hydrogen-bond donors (Lipinski definition) is 1. The summed E-state index contributed by atoms with van der Waals surface area (Å²) in [5, 5.41) is 11.7. The summed E-state index contributed by atoms with van der Waals surface area (Å²) in [7, 11) is 0. The second kappa shape index (κ2) is 12.2. The molecule has 3 aromatic rings. The molecule has 0 aliphatic carbocycles. The van der Waals surface area contributed by atoms with Crippen molar-refractivity contribution in [3.63, 3.8) is 0 Å². The van der Waals surface area contributed by atoms with Crippen LogP contribution in [0.1, 0.15) is 55.6 Å². The Morgan fingerprint density at radius 3 is 2.40 bits per heavy atom. The molecule has 4 heterocycles. The standard InChI is InChI=1S/C27H33N5O.C2HF3O2/c1-21(2)32-25(12-15-29-32)24-19-30(18-23-11-6-7-14-28-23)20-27(24)13-8-16-31(26(27)33)17-22-9-4-3-5-10-22;3-2(4,5)1(6)7/h3-7,9-12,14-15,21,24H,8,13,16-20H2,1-2H3;(H,6,7)/t24-,27+;/m0./s1. The quantitative estimate of drug-likeness (QED) is 0.464. The lowest BCUT2D eigenvalue weighted by Crippen LogP contribution is -2.52. The van der Waals surface area contributed by atoms with E-state index in [1.807, 2.05) is 42.7 Å². The lowest BCUT2D eigenvalue weighted by Gasteiger charge is -2.43. The van der Waals surface area contributed by atoms with Crippen molar-refractivity contribution in [2.45, 2.75) is 57.9 Å². The van der Waals surface area contributed by atoms with Crippen molar-refractivity contribution in [2.24, 2.45) is 5.41 Å². The summed E-state index contributed by atoms with van der Waals surface area (Å²) in [5.41, 5.74) is 3.00. The molecule has 0 radical (unpaired) electrons. The van der Waals surface area contributed by atoms with Gasteiger partial charge in [-0.3, -0.25) is 19.4 Å². The zero-order valence-corrected chi connectivity index (χ0v) is 22.6. The number of carboxylic acids is 1. The molecule has 2 aliphatic heterocycles. The van der Waals surface area contributed by atoms with Crippen molar-refractivity contribution in [1.29, 1.82) is 0 Å². The highest BCUT2D eigenvalue weighted by Gasteiger charge is 2.56. The maximum atomic E-state index is 14.2. The molecule has 214 valence electrons. The van der Waals surface area contributed by atoms with Crippen molar-refractivity contribution < 1.29 is 27.9 Å². The summed E-state index contributed by atoms with van der Waals surface area (Å²) < 4.78 is 33.8. The molecule has 2 aliphatic rings. The maximum Gasteiger partial charge on any atom is 0.490 e. The highest BCUT2D eigenvalue weighted by molar-refractivity contribution is 5.85. The molecule has 0 saturated carbocycles. The molecular weight excluding hydrogens is 523 g/mol. The predicted octanol–water partition coefficient (Wildman–Crippen LogP) is 4.90. The molecule has 2 aromatic heterocycles. The maximum absolute atomic E-state index is 14.2. The normalized spacial score (nSPS) is 21.5. The number of hydrogen-bond acceptors (Lipinski definition) is 5. The molecule has 2 fully saturated rings. The second-order valence-corrected chi connectivity index (χ2v) is 10.6. The fourth-order valence-electron chi connectivity index (χ4n) is 5.79.